The van der Waals surface area contributed by atoms with E-state index in [4.69, 9.17) is 4.74 Å². The van der Waals surface area contributed by atoms with E-state index in [9.17, 15) is 14.4 Å². The summed E-state index contributed by atoms with van der Waals surface area (Å²) in [5.41, 5.74) is 1.84. The fourth-order valence-electron chi connectivity index (χ4n) is 3.55. The molecule has 2 rings (SSSR count). The van der Waals surface area contributed by atoms with Crippen LogP contribution >= 0.6 is 0 Å². The summed E-state index contributed by atoms with van der Waals surface area (Å²) >= 11 is 0. The predicted molar refractivity (Wildman–Crippen MR) is 107 cm³/mol. The van der Waals surface area contributed by atoms with Crippen molar-refractivity contribution in [3.63, 3.8) is 0 Å². The number of nitrogens with one attached hydrogen (secondary N) is 2. The molecule has 1 fully saturated rings. The Morgan fingerprint density at radius 2 is 1.82 bits per heavy atom. The molecule has 0 aromatic heterocycles. The van der Waals surface area contributed by atoms with Crippen LogP contribution < -0.4 is 10.2 Å². The molecule has 1 heterocycles. The zero-order valence-corrected chi connectivity index (χ0v) is 17.3. The number of hydrogen-bond acceptors (Lipinski definition) is 4. The van der Waals surface area contributed by atoms with Crippen molar-refractivity contribution in [3.8, 4) is 0 Å². The van der Waals surface area contributed by atoms with E-state index in [0.717, 1.165) is 42.1 Å². The van der Waals surface area contributed by atoms with Crippen molar-refractivity contribution in [3.05, 3.63) is 29.8 Å². The summed E-state index contributed by atoms with van der Waals surface area (Å²) in [6.07, 6.45) is 1.45. The second-order valence-electron chi connectivity index (χ2n) is 7.51. The zero-order chi connectivity index (χ0) is 20.7. The molecule has 1 saturated heterocycles. The SMILES string of the molecule is CCOC(=O)C1CC[NH+]([C@@H](C)C(=O)N(C)CC(=O)Nc2ccc(C)cc2)CC1. The Hall–Kier alpha value is -2.41. The minimum absolute atomic E-state index is 0.00970. The number of carbonyl (C=O) groups is 3. The van der Waals surface area contributed by atoms with Crippen LogP contribution in [-0.4, -0.2) is 62.0 Å². The standard InChI is InChI=1S/C21H31N3O4/c1-5-28-21(27)17-10-12-24(13-11-17)16(3)20(26)23(4)14-19(25)22-18-8-6-15(2)7-9-18/h6-9,16-17H,5,10-14H2,1-4H3,(H,22,25)/p+1/t16-/m0/s1. The lowest BCUT2D eigenvalue weighted by Gasteiger charge is -2.33. The van der Waals surface area contributed by atoms with Crippen molar-refractivity contribution in [2.24, 2.45) is 5.92 Å². The zero-order valence-electron chi connectivity index (χ0n) is 17.3. The van der Waals surface area contributed by atoms with Gasteiger partial charge in [0.15, 0.2) is 6.04 Å². The molecule has 2 N–H and O–H groups in total. The molecule has 7 heteroatoms. The fraction of sp³-hybridized carbons (Fsp3) is 0.571. The average molecular weight is 391 g/mol. The number of anilines is 1. The number of carbonyl (C=O) groups excluding carboxylic acids is 3. The third-order valence-corrected chi connectivity index (χ3v) is 5.32. The third-order valence-electron chi connectivity index (χ3n) is 5.32. The van der Waals surface area contributed by atoms with E-state index in [-0.39, 0.29) is 36.3 Å². The average Bonchev–Trinajstić information content (AvgIpc) is 2.68. The Morgan fingerprint density at radius 1 is 1.21 bits per heavy atom. The van der Waals surface area contributed by atoms with E-state index in [0.29, 0.717) is 6.61 Å². The molecule has 0 radical (unpaired) electrons. The molecule has 1 atom stereocenters. The van der Waals surface area contributed by atoms with Gasteiger partial charge in [-0.05, 0) is 32.9 Å². The van der Waals surface area contributed by atoms with Crippen LogP contribution in [0.1, 0.15) is 32.3 Å². The van der Waals surface area contributed by atoms with Crippen LogP contribution in [0.3, 0.4) is 0 Å². The van der Waals surface area contributed by atoms with Crippen LogP contribution in [0.2, 0.25) is 0 Å². The molecule has 28 heavy (non-hydrogen) atoms. The molecule has 0 aliphatic carbocycles. The number of benzene rings is 1. The molecule has 1 aromatic carbocycles. The topological polar surface area (TPSA) is 80.2 Å². The smallest absolute Gasteiger partial charge is 0.309 e. The number of nitrogens with zero attached hydrogens (tertiary/aromatic N) is 1. The second kappa shape index (κ2) is 10.2. The highest BCUT2D eigenvalue weighted by Crippen LogP contribution is 2.12. The summed E-state index contributed by atoms with van der Waals surface area (Å²) < 4.78 is 5.09. The maximum Gasteiger partial charge on any atom is 0.309 e. The molecule has 1 aliphatic rings. The van der Waals surface area contributed by atoms with Gasteiger partial charge >= 0.3 is 5.97 Å². The molecular weight excluding hydrogens is 358 g/mol. The van der Waals surface area contributed by atoms with Gasteiger partial charge in [-0.25, -0.2) is 0 Å². The summed E-state index contributed by atoms with van der Waals surface area (Å²) in [4.78, 5) is 39.4. The number of quaternary nitrogens is 1. The number of aryl methyl sites for hydroxylation is 1. The first-order chi connectivity index (χ1) is 13.3. The van der Waals surface area contributed by atoms with Gasteiger partial charge in [-0.1, -0.05) is 17.7 Å². The Bertz CT molecular complexity index is 681. The van der Waals surface area contributed by atoms with Gasteiger partial charge in [-0.15, -0.1) is 0 Å². The molecule has 7 nitrogen and oxygen atoms in total. The number of rotatable bonds is 7. The lowest BCUT2D eigenvalue weighted by atomic mass is 9.96. The van der Waals surface area contributed by atoms with Gasteiger partial charge in [0.25, 0.3) is 5.91 Å². The second-order valence-corrected chi connectivity index (χ2v) is 7.51. The number of likely N-dealkylation sites (tertiary alicyclic amines) is 1. The first-order valence-electron chi connectivity index (χ1n) is 9.94. The number of ether oxygens (including phenoxy) is 1. The van der Waals surface area contributed by atoms with Crippen LogP contribution in [-0.2, 0) is 19.1 Å². The first-order valence-corrected chi connectivity index (χ1v) is 9.94. The maximum absolute atomic E-state index is 12.7. The highest BCUT2D eigenvalue weighted by Gasteiger charge is 2.34. The number of amides is 2. The minimum Gasteiger partial charge on any atom is -0.466 e. The quantitative estimate of drug-likeness (QED) is 0.670. The summed E-state index contributed by atoms with van der Waals surface area (Å²) in [5, 5.41) is 2.81. The van der Waals surface area contributed by atoms with Crippen molar-refractivity contribution in [2.75, 3.05) is 38.6 Å². The third kappa shape index (κ3) is 6.05. The largest absolute Gasteiger partial charge is 0.466 e. The monoisotopic (exact) mass is 390 g/mol. The molecule has 0 bridgehead atoms. The fourth-order valence-corrected chi connectivity index (χ4v) is 3.55. The Balaban J connectivity index is 1.81. The first kappa shape index (κ1) is 21.9. The number of hydrogen-bond donors (Lipinski definition) is 2. The predicted octanol–water partition coefficient (Wildman–Crippen LogP) is 0.638. The van der Waals surface area contributed by atoms with Gasteiger partial charge in [0.2, 0.25) is 5.91 Å². The van der Waals surface area contributed by atoms with Gasteiger partial charge in [0.1, 0.15) is 0 Å². The molecule has 0 saturated carbocycles. The van der Waals surface area contributed by atoms with Crippen LogP contribution in [0.5, 0.6) is 0 Å². The molecule has 2 amide bonds. The summed E-state index contributed by atoms with van der Waals surface area (Å²) in [6, 6.07) is 7.29. The van der Waals surface area contributed by atoms with Gasteiger partial charge in [0.05, 0.1) is 32.2 Å². The van der Waals surface area contributed by atoms with Gasteiger partial charge in [-0.3, -0.25) is 14.4 Å². The molecule has 0 spiro atoms. The van der Waals surface area contributed by atoms with E-state index < -0.39 is 0 Å². The van der Waals surface area contributed by atoms with Crippen LogP contribution in [0.15, 0.2) is 24.3 Å². The lowest BCUT2D eigenvalue weighted by molar-refractivity contribution is -0.920. The number of piperidine rings is 1. The Morgan fingerprint density at radius 3 is 2.39 bits per heavy atom. The van der Waals surface area contributed by atoms with Crippen molar-refractivity contribution in [1.82, 2.24) is 4.90 Å². The molecule has 1 aromatic rings. The van der Waals surface area contributed by atoms with Gasteiger partial charge in [-0.2, -0.15) is 0 Å². The Labute approximate surface area is 167 Å². The minimum atomic E-state index is -0.250. The van der Waals surface area contributed by atoms with Crippen molar-refractivity contribution < 1.29 is 24.0 Å². The van der Waals surface area contributed by atoms with E-state index in [2.05, 4.69) is 5.32 Å². The lowest BCUT2D eigenvalue weighted by Crippen LogP contribution is -3.17. The maximum atomic E-state index is 12.7. The van der Waals surface area contributed by atoms with Gasteiger partial charge < -0.3 is 19.9 Å². The summed E-state index contributed by atoms with van der Waals surface area (Å²) in [6.45, 7) is 7.59. The van der Waals surface area contributed by atoms with Crippen molar-refractivity contribution >= 4 is 23.5 Å². The molecule has 1 aliphatic heterocycles. The number of esters is 1. The van der Waals surface area contributed by atoms with Crippen LogP contribution in [0.25, 0.3) is 0 Å². The van der Waals surface area contributed by atoms with Crippen LogP contribution in [0.4, 0.5) is 5.69 Å². The number of likely N-dealkylation sites (N-methyl/N-ethyl adjacent to an activating group) is 1. The van der Waals surface area contributed by atoms with E-state index in [1.165, 1.54) is 4.90 Å². The highest BCUT2D eigenvalue weighted by molar-refractivity contribution is 5.94. The van der Waals surface area contributed by atoms with Crippen molar-refractivity contribution in [2.45, 2.75) is 39.7 Å². The normalized spacial score (nSPS) is 20.1. The van der Waals surface area contributed by atoms with Gasteiger partial charge in [0, 0.05) is 25.6 Å². The molecular formula is C21H32N3O4+. The van der Waals surface area contributed by atoms with E-state index in [1.54, 1.807) is 7.05 Å². The molecule has 154 valence electrons. The van der Waals surface area contributed by atoms with E-state index in [1.807, 2.05) is 45.0 Å². The summed E-state index contributed by atoms with van der Waals surface area (Å²) in [7, 11) is 1.65. The van der Waals surface area contributed by atoms with Crippen LogP contribution in [0, 0.1) is 12.8 Å². The summed E-state index contributed by atoms with van der Waals surface area (Å²) in [5.74, 6) is -0.485. The molecule has 0 unspecified atom stereocenters. The van der Waals surface area contributed by atoms with E-state index >= 15 is 0 Å². The van der Waals surface area contributed by atoms with Crippen molar-refractivity contribution in [1.29, 1.82) is 0 Å². The Kier molecular flexibility index (Phi) is 7.99. The highest BCUT2D eigenvalue weighted by atomic mass is 16.5.